The second kappa shape index (κ2) is 3.16. The summed E-state index contributed by atoms with van der Waals surface area (Å²) in [5, 5.41) is 21.8. The molecule has 76 valence electrons. The van der Waals surface area contributed by atoms with Gasteiger partial charge in [-0.05, 0) is 30.0 Å². The highest BCUT2D eigenvalue weighted by atomic mass is 16.3. The van der Waals surface area contributed by atoms with E-state index in [-0.39, 0.29) is 0 Å². The van der Waals surface area contributed by atoms with Crippen LogP contribution in [0.25, 0.3) is 0 Å². The number of aliphatic hydroxyl groups is 1. The Morgan fingerprint density at radius 3 is 2.93 bits per heavy atom. The maximum Gasteiger partial charge on any atom is 0.210 e. The van der Waals surface area contributed by atoms with Gasteiger partial charge in [-0.2, -0.15) is 4.80 Å². The molecule has 0 bridgehead atoms. The van der Waals surface area contributed by atoms with Crippen LogP contribution in [0.5, 0.6) is 0 Å². The highest BCUT2D eigenvalue weighted by molar-refractivity contribution is 5.14. The van der Waals surface area contributed by atoms with Crippen LogP contribution in [0.1, 0.15) is 25.6 Å². The van der Waals surface area contributed by atoms with Gasteiger partial charge in [-0.15, -0.1) is 10.2 Å². The van der Waals surface area contributed by atoms with Gasteiger partial charge in [-0.1, -0.05) is 13.0 Å². The second-order valence-electron chi connectivity index (χ2n) is 3.90. The predicted octanol–water partition coefficient (Wildman–Crippen LogP) is 0.384. The first-order chi connectivity index (χ1) is 6.60. The van der Waals surface area contributed by atoms with E-state index in [2.05, 4.69) is 22.3 Å². The Balaban J connectivity index is 2.29. The molecule has 1 aliphatic carbocycles. The highest BCUT2D eigenvalue weighted by Gasteiger charge is 2.33. The molecule has 2 unspecified atom stereocenters. The number of allylic oxidation sites excluding steroid dienone is 1. The van der Waals surface area contributed by atoms with Gasteiger partial charge in [0.05, 0.1) is 7.05 Å². The van der Waals surface area contributed by atoms with Crippen LogP contribution in [0, 0.1) is 5.92 Å². The summed E-state index contributed by atoms with van der Waals surface area (Å²) in [6.45, 7) is 2.13. The van der Waals surface area contributed by atoms with Gasteiger partial charge in [0.1, 0.15) is 5.60 Å². The van der Waals surface area contributed by atoms with Gasteiger partial charge in [-0.25, -0.2) is 0 Å². The molecule has 14 heavy (non-hydrogen) atoms. The van der Waals surface area contributed by atoms with Crippen molar-refractivity contribution in [3.63, 3.8) is 0 Å². The Hall–Kier alpha value is -1.23. The number of aromatic nitrogens is 4. The molecule has 1 aromatic heterocycles. The van der Waals surface area contributed by atoms with Crippen molar-refractivity contribution in [2.75, 3.05) is 0 Å². The standard InChI is InChI=1S/C9H14N4O/c1-7-3-5-9(14,6-4-7)8-10-12-13(2)11-8/h3,5,7,14H,4,6H2,1-2H3. The quantitative estimate of drug-likeness (QED) is 0.656. The van der Waals surface area contributed by atoms with E-state index in [4.69, 9.17) is 0 Å². The third kappa shape index (κ3) is 1.55. The molecule has 0 saturated carbocycles. The summed E-state index contributed by atoms with van der Waals surface area (Å²) in [4.78, 5) is 1.36. The number of hydrogen-bond acceptors (Lipinski definition) is 4. The Labute approximate surface area is 82.4 Å². The van der Waals surface area contributed by atoms with Gasteiger partial charge in [0.25, 0.3) is 0 Å². The molecular weight excluding hydrogens is 180 g/mol. The lowest BCUT2D eigenvalue weighted by atomic mass is 9.85. The molecule has 0 fully saturated rings. The summed E-state index contributed by atoms with van der Waals surface area (Å²) in [7, 11) is 1.69. The summed E-state index contributed by atoms with van der Waals surface area (Å²) in [5.74, 6) is 0.912. The fourth-order valence-electron chi connectivity index (χ4n) is 1.59. The zero-order valence-electron chi connectivity index (χ0n) is 8.38. The highest BCUT2D eigenvalue weighted by Crippen LogP contribution is 2.31. The Kier molecular flexibility index (Phi) is 2.11. The van der Waals surface area contributed by atoms with E-state index < -0.39 is 5.60 Å². The van der Waals surface area contributed by atoms with E-state index in [0.717, 1.165) is 6.42 Å². The SMILES string of the molecule is CC1C=CC(O)(c2nnn(C)n2)CC1. The van der Waals surface area contributed by atoms with Crippen LogP contribution in [0.3, 0.4) is 0 Å². The van der Waals surface area contributed by atoms with E-state index in [1.54, 1.807) is 13.1 Å². The first-order valence-corrected chi connectivity index (χ1v) is 4.76. The van der Waals surface area contributed by atoms with Crippen molar-refractivity contribution in [1.29, 1.82) is 0 Å². The van der Waals surface area contributed by atoms with Crippen LogP contribution < -0.4 is 0 Å². The number of rotatable bonds is 1. The molecule has 2 rings (SSSR count). The monoisotopic (exact) mass is 194 g/mol. The molecule has 1 N–H and O–H groups in total. The Morgan fingerprint density at radius 2 is 2.43 bits per heavy atom. The number of hydrogen-bond donors (Lipinski definition) is 1. The molecule has 1 aliphatic rings. The van der Waals surface area contributed by atoms with Crippen LogP contribution in [-0.4, -0.2) is 25.3 Å². The number of nitrogens with zero attached hydrogens (tertiary/aromatic N) is 4. The van der Waals surface area contributed by atoms with Crippen molar-refractivity contribution in [3.05, 3.63) is 18.0 Å². The van der Waals surface area contributed by atoms with Crippen molar-refractivity contribution in [2.45, 2.75) is 25.4 Å². The van der Waals surface area contributed by atoms with Crippen molar-refractivity contribution >= 4 is 0 Å². The summed E-state index contributed by atoms with van der Waals surface area (Å²) >= 11 is 0. The maximum atomic E-state index is 10.2. The largest absolute Gasteiger partial charge is 0.378 e. The Bertz CT molecular complexity index is 359. The second-order valence-corrected chi connectivity index (χ2v) is 3.90. The fourth-order valence-corrected chi connectivity index (χ4v) is 1.59. The third-order valence-corrected chi connectivity index (χ3v) is 2.58. The lowest BCUT2D eigenvalue weighted by Crippen LogP contribution is -2.28. The zero-order chi connectivity index (χ0) is 10.2. The van der Waals surface area contributed by atoms with Crippen LogP contribution in [0.2, 0.25) is 0 Å². The van der Waals surface area contributed by atoms with Gasteiger partial charge in [-0.3, -0.25) is 0 Å². The van der Waals surface area contributed by atoms with Crippen LogP contribution in [-0.2, 0) is 12.6 Å². The minimum absolute atomic E-state index is 0.392. The normalized spacial score (nSPS) is 32.1. The van der Waals surface area contributed by atoms with E-state index in [1.807, 2.05) is 6.08 Å². The van der Waals surface area contributed by atoms with E-state index in [9.17, 15) is 5.11 Å². The first-order valence-electron chi connectivity index (χ1n) is 4.76. The van der Waals surface area contributed by atoms with Crippen molar-refractivity contribution < 1.29 is 5.11 Å². The van der Waals surface area contributed by atoms with E-state index in [1.165, 1.54) is 4.80 Å². The molecule has 0 aliphatic heterocycles. The first kappa shape index (κ1) is 9.33. The maximum absolute atomic E-state index is 10.2. The average molecular weight is 194 g/mol. The zero-order valence-corrected chi connectivity index (χ0v) is 8.38. The van der Waals surface area contributed by atoms with Crippen molar-refractivity contribution in [3.8, 4) is 0 Å². The van der Waals surface area contributed by atoms with Gasteiger partial charge in [0, 0.05) is 0 Å². The molecule has 1 heterocycles. The molecule has 2 atom stereocenters. The molecule has 0 amide bonds. The molecule has 0 saturated heterocycles. The third-order valence-electron chi connectivity index (χ3n) is 2.58. The molecule has 0 radical (unpaired) electrons. The summed E-state index contributed by atoms with van der Waals surface area (Å²) in [6.07, 6.45) is 5.39. The molecule has 1 aromatic rings. The topological polar surface area (TPSA) is 63.8 Å². The lowest BCUT2D eigenvalue weighted by molar-refractivity contribution is 0.0579. The number of aryl methyl sites for hydroxylation is 1. The average Bonchev–Trinajstić information content (AvgIpc) is 2.58. The summed E-state index contributed by atoms with van der Waals surface area (Å²) in [6, 6.07) is 0. The van der Waals surface area contributed by atoms with Gasteiger partial charge < -0.3 is 5.11 Å². The van der Waals surface area contributed by atoms with Crippen molar-refractivity contribution in [1.82, 2.24) is 20.2 Å². The minimum atomic E-state index is -1.01. The summed E-state index contributed by atoms with van der Waals surface area (Å²) < 4.78 is 0. The molecule has 0 aromatic carbocycles. The molecular formula is C9H14N4O. The van der Waals surface area contributed by atoms with Crippen molar-refractivity contribution in [2.24, 2.45) is 13.0 Å². The van der Waals surface area contributed by atoms with Crippen LogP contribution in [0.4, 0.5) is 0 Å². The van der Waals surface area contributed by atoms with Crippen LogP contribution in [0.15, 0.2) is 12.2 Å². The molecule has 5 nitrogen and oxygen atoms in total. The molecule has 0 spiro atoms. The van der Waals surface area contributed by atoms with Gasteiger partial charge >= 0.3 is 0 Å². The number of tetrazole rings is 1. The predicted molar refractivity (Wildman–Crippen MR) is 50.2 cm³/mol. The van der Waals surface area contributed by atoms with E-state index in [0.29, 0.717) is 18.2 Å². The summed E-state index contributed by atoms with van der Waals surface area (Å²) in [5.41, 5.74) is -1.01. The lowest BCUT2D eigenvalue weighted by Gasteiger charge is -2.26. The smallest absolute Gasteiger partial charge is 0.210 e. The van der Waals surface area contributed by atoms with E-state index >= 15 is 0 Å². The van der Waals surface area contributed by atoms with Gasteiger partial charge in [0.2, 0.25) is 5.82 Å². The Morgan fingerprint density at radius 1 is 1.64 bits per heavy atom. The van der Waals surface area contributed by atoms with Gasteiger partial charge in [0.15, 0.2) is 0 Å². The van der Waals surface area contributed by atoms with Crippen LogP contribution >= 0.6 is 0 Å². The molecule has 5 heteroatoms. The minimum Gasteiger partial charge on any atom is -0.378 e. The fraction of sp³-hybridized carbons (Fsp3) is 0.667.